The monoisotopic (exact) mass is 433 g/mol. The van der Waals surface area contributed by atoms with E-state index in [1.807, 2.05) is 6.07 Å². The molecule has 31 heavy (non-hydrogen) atoms. The summed E-state index contributed by atoms with van der Waals surface area (Å²) in [7, 11) is 4.69. The molecule has 2 saturated heterocycles. The van der Waals surface area contributed by atoms with E-state index >= 15 is 0 Å². The highest BCUT2D eigenvalue weighted by atomic mass is 16.5. The minimum atomic E-state index is -0.413. The van der Waals surface area contributed by atoms with Crippen molar-refractivity contribution in [3.05, 3.63) is 29.3 Å². The number of benzene rings is 1. The lowest BCUT2D eigenvalue weighted by Gasteiger charge is -2.35. The van der Waals surface area contributed by atoms with E-state index in [1.54, 1.807) is 19.2 Å². The number of likely N-dealkylation sites (tertiary alicyclic amines) is 1. The summed E-state index contributed by atoms with van der Waals surface area (Å²) in [4.78, 5) is 18.7. The van der Waals surface area contributed by atoms with E-state index < -0.39 is 5.97 Å². The molecular weight excluding hydrogens is 398 g/mol. The number of methoxy groups -OCH3 is 2. The first kappa shape index (κ1) is 23.3. The van der Waals surface area contributed by atoms with Gasteiger partial charge in [0.05, 0.1) is 33.0 Å². The molecule has 2 aliphatic rings. The van der Waals surface area contributed by atoms with Gasteiger partial charge < -0.3 is 29.2 Å². The second kappa shape index (κ2) is 11.9. The number of carbonyl (C=O) groups is 1. The Morgan fingerprint density at radius 2 is 2.03 bits per heavy atom. The van der Waals surface area contributed by atoms with E-state index in [0.29, 0.717) is 24.5 Å². The predicted molar refractivity (Wildman–Crippen MR) is 119 cm³/mol. The first-order chi connectivity index (χ1) is 15.1. The number of piperidine rings is 1. The van der Waals surface area contributed by atoms with E-state index in [-0.39, 0.29) is 12.2 Å². The normalized spacial score (nSPS) is 20.4. The molecule has 0 aromatic heterocycles. The van der Waals surface area contributed by atoms with Crippen LogP contribution in [-0.2, 0) is 20.8 Å². The molecule has 1 atom stereocenters. The van der Waals surface area contributed by atoms with E-state index in [4.69, 9.17) is 18.9 Å². The molecule has 0 spiro atoms. The highest BCUT2D eigenvalue weighted by Gasteiger charge is 2.24. The van der Waals surface area contributed by atoms with Crippen LogP contribution in [0.3, 0.4) is 0 Å². The van der Waals surface area contributed by atoms with E-state index in [0.717, 1.165) is 50.5 Å². The van der Waals surface area contributed by atoms with Gasteiger partial charge in [-0.3, -0.25) is 4.99 Å². The molecule has 2 heterocycles. The number of nitrogens with one attached hydrogen (secondary N) is 1. The molecule has 8 heteroatoms. The number of carbonyl (C=O) groups excluding carboxylic acids is 1. The third kappa shape index (κ3) is 6.58. The standard InChI is InChI=1S/C23H35N3O5/c1-24-23(25-15-17-7-8-21(28-2)20(14-17)22(27)29-3)26-11-9-18(10-12-26)31-16-19-6-4-5-13-30-19/h7-8,14,18-19H,4-6,9-13,15-16H2,1-3H3,(H,24,25). The van der Waals surface area contributed by atoms with Crippen LogP contribution in [0.1, 0.15) is 48.0 Å². The zero-order chi connectivity index (χ0) is 22.1. The van der Waals surface area contributed by atoms with Crippen molar-refractivity contribution in [3.8, 4) is 5.75 Å². The van der Waals surface area contributed by atoms with Crippen molar-refractivity contribution in [2.45, 2.75) is 50.9 Å². The zero-order valence-electron chi connectivity index (χ0n) is 18.9. The number of aliphatic imine (C=N–C) groups is 1. The van der Waals surface area contributed by atoms with Crippen LogP contribution >= 0.6 is 0 Å². The Labute approximate surface area is 184 Å². The third-order valence-corrected chi connectivity index (χ3v) is 5.86. The zero-order valence-corrected chi connectivity index (χ0v) is 18.9. The van der Waals surface area contributed by atoms with Crippen molar-refractivity contribution in [2.24, 2.45) is 4.99 Å². The number of rotatable bonds is 7. The quantitative estimate of drug-likeness (QED) is 0.402. The predicted octanol–water partition coefficient (Wildman–Crippen LogP) is 2.61. The Hall–Kier alpha value is -2.32. The van der Waals surface area contributed by atoms with Gasteiger partial charge in [0.15, 0.2) is 5.96 Å². The highest BCUT2D eigenvalue weighted by molar-refractivity contribution is 5.92. The molecule has 0 amide bonds. The molecule has 1 N–H and O–H groups in total. The Morgan fingerprint density at radius 3 is 2.68 bits per heavy atom. The molecule has 0 saturated carbocycles. The summed E-state index contributed by atoms with van der Waals surface area (Å²) in [6, 6.07) is 5.50. The summed E-state index contributed by atoms with van der Waals surface area (Å²) in [6.07, 6.45) is 6.01. The summed E-state index contributed by atoms with van der Waals surface area (Å²) in [5, 5.41) is 3.40. The third-order valence-electron chi connectivity index (χ3n) is 5.86. The largest absolute Gasteiger partial charge is 0.496 e. The maximum atomic E-state index is 12.0. The maximum Gasteiger partial charge on any atom is 0.341 e. The van der Waals surface area contributed by atoms with Gasteiger partial charge in [-0.1, -0.05) is 6.07 Å². The summed E-state index contributed by atoms with van der Waals surface area (Å²) >= 11 is 0. The topological polar surface area (TPSA) is 81.6 Å². The van der Waals surface area contributed by atoms with Gasteiger partial charge in [-0.05, 0) is 49.8 Å². The van der Waals surface area contributed by atoms with Gasteiger partial charge in [0, 0.05) is 33.3 Å². The number of hydrogen-bond acceptors (Lipinski definition) is 6. The molecule has 1 unspecified atom stereocenters. The number of esters is 1. The van der Waals surface area contributed by atoms with E-state index in [2.05, 4.69) is 15.2 Å². The van der Waals surface area contributed by atoms with Crippen LogP contribution in [0, 0.1) is 0 Å². The van der Waals surface area contributed by atoms with Gasteiger partial charge in [0.1, 0.15) is 11.3 Å². The molecule has 2 aliphatic heterocycles. The van der Waals surface area contributed by atoms with Crippen molar-refractivity contribution < 1.29 is 23.7 Å². The number of hydrogen-bond donors (Lipinski definition) is 1. The van der Waals surface area contributed by atoms with Crippen molar-refractivity contribution in [2.75, 3.05) is 47.6 Å². The minimum absolute atomic E-state index is 0.264. The Balaban J connectivity index is 1.47. The van der Waals surface area contributed by atoms with Gasteiger partial charge in [0.25, 0.3) is 0 Å². The van der Waals surface area contributed by atoms with Crippen LogP contribution in [0.4, 0.5) is 0 Å². The molecule has 8 nitrogen and oxygen atoms in total. The second-order valence-corrected chi connectivity index (χ2v) is 7.94. The van der Waals surface area contributed by atoms with Gasteiger partial charge >= 0.3 is 5.97 Å². The molecular formula is C23H35N3O5. The smallest absolute Gasteiger partial charge is 0.341 e. The van der Waals surface area contributed by atoms with Crippen molar-refractivity contribution >= 4 is 11.9 Å². The van der Waals surface area contributed by atoms with Crippen LogP contribution in [0.25, 0.3) is 0 Å². The lowest BCUT2D eigenvalue weighted by atomic mass is 10.1. The lowest BCUT2D eigenvalue weighted by molar-refractivity contribution is -0.0721. The summed E-state index contributed by atoms with van der Waals surface area (Å²) in [5.74, 6) is 0.939. The molecule has 0 radical (unpaired) electrons. The van der Waals surface area contributed by atoms with Gasteiger partial charge in [0.2, 0.25) is 0 Å². The second-order valence-electron chi connectivity index (χ2n) is 7.94. The fraction of sp³-hybridized carbons (Fsp3) is 0.652. The van der Waals surface area contributed by atoms with Gasteiger partial charge in [-0.2, -0.15) is 0 Å². The van der Waals surface area contributed by atoms with Gasteiger partial charge in [-0.25, -0.2) is 4.79 Å². The molecule has 0 bridgehead atoms. The molecule has 2 fully saturated rings. The SMILES string of the molecule is CN=C(NCc1ccc(OC)c(C(=O)OC)c1)N1CCC(OCC2CCCCO2)CC1. The Kier molecular flexibility index (Phi) is 8.97. The van der Waals surface area contributed by atoms with Crippen LogP contribution < -0.4 is 10.1 Å². The van der Waals surface area contributed by atoms with Crippen LogP contribution in [0.15, 0.2) is 23.2 Å². The average Bonchev–Trinajstić information content (AvgIpc) is 2.83. The first-order valence-electron chi connectivity index (χ1n) is 11.1. The van der Waals surface area contributed by atoms with E-state index in [9.17, 15) is 4.79 Å². The van der Waals surface area contributed by atoms with Crippen molar-refractivity contribution in [3.63, 3.8) is 0 Å². The Morgan fingerprint density at radius 1 is 1.23 bits per heavy atom. The Bertz CT molecular complexity index is 741. The molecule has 3 rings (SSSR count). The van der Waals surface area contributed by atoms with E-state index in [1.165, 1.54) is 27.1 Å². The first-order valence-corrected chi connectivity index (χ1v) is 11.1. The van der Waals surface area contributed by atoms with Crippen molar-refractivity contribution in [1.29, 1.82) is 0 Å². The number of ether oxygens (including phenoxy) is 4. The van der Waals surface area contributed by atoms with Crippen LogP contribution in [0.2, 0.25) is 0 Å². The summed E-state index contributed by atoms with van der Waals surface area (Å²) in [5.41, 5.74) is 1.37. The number of nitrogens with zero attached hydrogens (tertiary/aromatic N) is 2. The summed E-state index contributed by atoms with van der Waals surface area (Å²) < 4.78 is 22.0. The fourth-order valence-corrected chi connectivity index (χ4v) is 4.06. The van der Waals surface area contributed by atoms with Crippen LogP contribution in [0.5, 0.6) is 5.75 Å². The van der Waals surface area contributed by atoms with Crippen molar-refractivity contribution in [1.82, 2.24) is 10.2 Å². The fourth-order valence-electron chi connectivity index (χ4n) is 4.06. The molecule has 172 valence electrons. The maximum absolute atomic E-state index is 12.0. The highest BCUT2D eigenvalue weighted by Crippen LogP contribution is 2.21. The van der Waals surface area contributed by atoms with Crippen LogP contribution in [-0.4, -0.2) is 76.6 Å². The molecule has 0 aliphatic carbocycles. The number of guanidine groups is 1. The van der Waals surface area contributed by atoms with Gasteiger partial charge in [-0.15, -0.1) is 0 Å². The average molecular weight is 434 g/mol. The molecule has 1 aromatic rings. The lowest BCUT2D eigenvalue weighted by Crippen LogP contribution is -2.47. The minimum Gasteiger partial charge on any atom is -0.496 e. The molecule has 1 aromatic carbocycles. The summed E-state index contributed by atoms with van der Waals surface area (Å²) in [6.45, 7) is 3.91.